The molecule has 0 spiro atoms. The molecule has 1 heterocycles. The number of aliphatic hydroxyl groups excluding tert-OH is 2. The van der Waals surface area contributed by atoms with E-state index in [1.54, 1.807) is 42.5 Å². The summed E-state index contributed by atoms with van der Waals surface area (Å²) in [6.07, 6.45) is -4.11. The summed E-state index contributed by atoms with van der Waals surface area (Å²) >= 11 is 5.90. The van der Waals surface area contributed by atoms with Gasteiger partial charge < -0.3 is 26.7 Å². The number of hydrogen-bond acceptors (Lipinski definition) is 6. The van der Waals surface area contributed by atoms with E-state index in [2.05, 4.69) is 9.97 Å². The number of hydrogen-bond donors (Lipinski definition) is 5. The van der Waals surface area contributed by atoms with Crippen molar-refractivity contribution in [2.75, 3.05) is 10.6 Å². The first kappa shape index (κ1) is 18.6. The number of amides is 2. The summed E-state index contributed by atoms with van der Waals surface area (Å²) < 4.78 is 0. The first-order valence-electron chi connectivity index (χ1n) is 7.78. The Morgan fingerprint density at radius 3 is 2.33 bits per heavy atom. The highest BCUT2D eigenvalue weighted by molar-refractivity contribution is 6.30. The number of carbonyl (C=O) groups is 2. The highest BCUT2D eigenvalue weighted by Crippen LogP contribution is 2.30. The molecule has 1 aromatic heterocycles. The normalized spacial score (nSPS) is 13.3. The van der Waals surface area contributed by atoms with Gasteiger partial charge in [0.2, 0.25) is 5.91 Å². The van der Waals surface area contributed by atoms with E-state index in [0.717, 1.165) is 4.90 Å². The summed E-state index contributed by atoms with van der Waals surface area (Å²) in [4.78, 5) is 32.1. The number of H-pyrrole nitrogens is 1. The van der Waals surface area contributed by atoms with Gasteiger partial charge in [-0.1, -0.05) is 11.6 Å². The molecule has 3 rings (SSSR count). The number of benzene rings is 2. The van der Waals surface area contributed by atoms with Crippen molar-refractivity contribution >= 4 is 51.8 Å². The van der Waals surface area contributed by atoms with Gasteiger partial charge in [0.05, 0.1) is 16.7 Å². The Bertz CT molecular complexity index is 1000. The molecule has 0 fully saturated rings. The first-order valence-corrected chi connectivity index (χ1v) is 8.16. The van der Waals surface area contributed by atoms with E-state index >= 15 is 0 Å². The van der Waals surface area contributed by atoms with Gasteiger partial charge in [0.25, 0.3) is 5.91 Å². The quantitative estimate of drug-likeness (QED) is 0.431. The molecule has 7 N–H and O–H groups in total. The number of imidazole rings is 1. The average molecular weight is 390 g/mol. The molecular weight excluding hydrogens is 374 g/mol. The van der Waals surface area contributed by atoms with E-state index in [9.17, 15) is 19.8 Å². The SMILES string of the molecule is NC(=O)[C@H](O)[C@@H](O)C(=O)N(c1ccc(Cl)cc1)c1ccc2nc(N)[nH]c2c1. The number of carbonyl (C=O) groups excluding carboxylic acids is 2. The standard InChI is InChI=1S/C17H16ClN5O4/c18-8-1-3-9(4-2-8)23(16(27)14(25)13(24)15(19)26)10-5-6-11-12(7-10)22-17(20)21-11/h1-7,13-14,24-25H,(H2,19,26)(H3,20,21,22)/t13-,14-/m1/s1. The van der Waals surface area contributed by atoms with Crippen molar-refractivity contribution in [2.45, 2.75) is 12.2 Å². The zero-order valence-electron chi connectivity index (χ0n) is 13.8. The van der Waals surface area contributed by atoms with Crippen LogP contribution in [0.1, 0.15) is 0 Å². The second-order valence-electron chi connectivity index (χ2n) is 5.77. The Morgan fingerprint density at radius 1 is 1.07 bits per heavy atom. The van der Waals surface area contributed by atoms with Crippen LogP contribution in [0.15, 0.2) is 42.5 Å². The molecule has 140 valence electrons. The van der Waals surface area contributed by atoms with E-state index in [-0.39, 0.29) is 5.95 Å². The molecule has 0 aliphatic carbocycles. The van der Waals surface area contributed by atoms with Crippen LogP contribution in [0, 0.1) is 0 Å². The highest BCUT2D eigenvalue weighted by atomic mass is 35.5. The summed E-state index contributed by atoms with van der Waals surface area (Å²) in [5.74, 6) is -1.96. The van der Waals surface area contributed by atoms with E-state index in [0.29, 0.717) is 27.4 Å². The van der Waals surface area contributed by atoms with Gasteiger partial charge in [-0.05, 0) is 42.5 Å². The lowest BCUT2D eigenvalue weighted by Crippen LogP contribution is -2.48. The average Bonchev–Trinajstić information content (AvgIpc) is 3.01. The second-order valence-corrected chi connectivity index (χ2v) is 6.20. The number of nitrogens with one attached hydrogen (secondary N) is 1. The molecule has 3 aromatic rings. The number of rotatable bonds is 5. The molecule has 0 aliphatic rings. The monoisotopic (exact) mass is 389 g/mol. The molecule has 27 heavy (non-hydrogen) atoms. The van der Waals surface area contributed by atoms with Crippen molar-refractivity contribution in [1.29, 1.82) is 0 Å². The highest BCUT2D eigenvalue weighted by Gasteiger charge is 2.33. The molecule has 9 nitrogen and oxygen atoms in total. The predicted octanol–water partition coefficient (Wildman–Crippen LogP) is 0.670. The molecular formula is C17H16ClN5O4. The van der Waals surface area contributed by atoms with Crippen molar-refractivity contribution in [3.05, 3.63) is 47.5 Å². The summed E-state index contributed by atoms with van der Waals surface area (Å²) in [7, 11) is 0. The van der Waals surface area contributed by atoms with Crippen LogP contribution in [0.2, 0.25) is 5.02 Å². The van der Waals surface area contributed by atoms with E-state index in [1.807, 2.05) is 0 Å². The number of nitrogens with zero attached hydrogens (tertiary/aromatic N) is 2. The molecule has 0 saturated heterocycles. The summed E-state index contributed by atoms with van der Waals surface area (Å²) in [5.41, 5.74) is 12.5. The molecule has 2 aromatic carbocycles. The fraction of sp³-hybridized carbons (Fsp3) is 0.118. The maximum Gasteiger partial charge on any atom is 0.263 e. The van der Waals surface area contributed by atoms with Crippen LogP contribution >= 0.6 is 11.6 Å². The minimum Gasteiger partial charge on any atom is -0.380 e. The zero-order valence-corrected chi connectivity index (χ0v) is 14.6. The zero-order chi connectivity index (χ0) is 19.7. The largest absolute Gasteiger partial charge is 0.380 e. The molecule has 2 amide bonds. The fourth-order valence-electron chi connectivity index (χ4n) is 2.57. The van der Waals surface area contributed by atoms with E-state index < -0.39 is 24.0 Å². The van der Waals surface area contributed by atoms with Crippen molar-refractivity contribution in [1.82, 2.24) is 9.97 Å². The number of primary amides is 1. The van der Waals surface area contributed by atoms with Crippen molar-refractivity contribution in [3.63, 3.8) is 0 Å². The number of fused-ring (bicyclic) bond motifs is 1. The van der Waals surface area contributed by atoms with Gasteiger partial charge in [-0.2, -0.15) is 0 Å². The minimum atomic E-state index is -2.06. The van der Waals surface area contributed by atoms with Crippen LogP contribution in [0.25, 0.3) is 11.0 Å². The number of nitrogens with two attached hydrogens (primary N) is 2. The Kier molecular flexibility index (Phi) is 5.00. The predicted molar refractivity (Wildman–Crippen MR) is 100 cm³/mol. The molecule has 0 saturated carbocycles. The Labute approximate surface area is 158 Å². The number of aromatic amines is 1. The molecule has 0 bridgehead atoms. The second kappa shape index (κ2) is 7.23. The van der Waals surface area contributed by atoms with E-state index in [4.69, 9.17) is 23.1 Å². The van der Waals surface area contributed by atoms with Gasteiger partial charge in [-0.25, -0.2) is 4.98 Å². The van der Waals surface area contributed by atoms with Gasteiger partial charge in [0.1, 0.15) is 0 Å². The van der Waals surface area contributed by atoms with Gasteiger partial charge in [-0.15, -0.1) is 0 Å². The minimum absolute atomic E-state index is 0.204. The maximum atomic E-state index is 12.8. The van der Waals surface area contributed by atoms with Gasteiger partial charge in [0.15, 0.2) is 18.2 Å². The summed E-state index contributed by atoms with van der Waals surface area (Å²) in [6.45, 7) is 0. The molecule has 0 aliphatic heterocycles. The summed E-state index contributed by atoms with van der Waals surface area (Å²) in [5, 5.41) is 20.3. The number of nitrogen functional groups attached to an aromatic ring is 1. The topological polar surface area (TPSA) is 159 Å². The maximum absolute atomic E-state index is 12.8. The summed E-state index contributed by atoms with van der Waals surface area (Å²) in [6, 6.07) is 11.0. The van der Waals surface area contributed by atoms with Crippen molar-refractivity contribution < 1.29 is 19.8 Å². The molecule has 0 unspecified atom stereocenters. The van der Waals surface area contributed by atoms with Crippen LogP contribution in [0.5, 0.6) is 0 Å². The Balaban J connectivity index is 2.09. The third-order valence-corrected chi connectivity index (χ3v) is 4.14. The number of halogens is 1. The van der Waals surface area contributed by atoms with Gasteiger partial charge in [0, 0.05) is 10.7 Å². The fourth-order valence-corrected chi connectivity index (χ4v) is 2.70. The number of anilines is 3. The lowest BCUT2D eigenvalue weighted by molar-refractivity contribution is -0.142. The van der Waals surface area contributed by atoms with E-state index in [1.165, 1.54) is 0 Å². The lowest BCUT2D eigenvalue weighted by Gasteiger charge is -2.26. The number of aliphatic hydroxyl groups is 2. The van der Waals surface area contributed by atoms with Crippen LogP contribution in [0.3, 0.4) is 0 Å². The van der Waals surface area contributed by atoms with Crippen LogP contribution in [-0.4, -0.2) is 44.2 Å². The van der Waals surface area contributed by atoms with Gasteiger partial charge in [-0.3, -0.25) is 14.5 Å². The third kappa shape index (κ3) is 3.70. The van der Waals surface area contributed by atoms with Crippen LogP contribution in [-0.2, 0) is 9.59 Å². The Hall–Kier alpha value is -3.14. The van der Waals surface area contributed by atoms with Crippen LogP contribution < -0.4 is 16.4 Å². The van der Waals surface area contributed by atoms with Gasteiger partial charge >= 0.3 is 0 Å². The molecule has 2 atom stereocenters. The van der Waals surface area contributed by atoms with Crippen molar-refractivity contribution in [2.24, 2.45) is 5.73 Å². The van der Waals surface area contributed by atoms with Crippen molar-refractivity contribution in [3.8, 4) is 0 Å². The number of aromatic nitrogens is 2. The molecule has 0 radical (unpaired) electrons. The Morgan fingerprint density at radius 2 is 1.70 bits per heavy atom. The van der Waals surface area contributed by atoms with Crippen LogP contribution in [0.4, 0.5) is 17.3 Å². The smallest absolute Gasteiger partial charge is 0.263 e. The molecule has 10 heteroatoms. The third-order valence-electron chi connectivity index (χ3n) is 3.89. The lowest BCUT2D eigenvalue weighted by atomic mass is 10.1. The first-order chi connectivity index (χ1) is 12.8.